The highest BCUT2D eigenvalue weighted by molar-refractivity contribution is 9.13. The fourth-order valence-corrected chi connectivity index (χ4v) is 2.56. The van der Waals surface area contributed by atoms with Crippen molar-refractivity contribution in [3.63, 3.8) is 0 Å². The summed E-state index contributed by atoms with van der Waals surface area (Å²) in [6.45, 7) is 2.23. The van der Waals surface area contributed by atoms with Gasteiger partial charge in [0.05, 0.1) is 16.7 Å². The minimum atomic E-state index is 0.933. The molecule has 0 unspecified atom stereocenters. The number of aryl methyl sites for hydroxylation is 1. The van der Waals surface area contributed by atoms with E-state index in [2.05, 4.69) is 48.8 Å². The van der Waals surface area contributed by atoms with E-state index in [1.165, 1.54) is 25.7 Å². The average molecular weight is 372 g/mol. The van der Waals surface area contributed by atoms with E-state index in [1.807, 2.05) is 18.3 Å². The number of rotatable bonds is 5. The summed E-state index contributed by atoms with van der Waals surface area (Å²) in [6, 6.07) is 4.01. The van der Waals surface area contributed by atoms with Gasteiger partial charge in [-0.3, -0.25) is 4.98 Å². The summed E-state index contributed by atoms with van der Waals surface area (Å²) in [4.78, 5) is 9.13. The van der Waals surface area contributed by atoms with Crippen LogP contribution in [0.15, 0.2) is 27.3 Å². The Morgan fingerprint density at radius 1 is 1.00 bits per heavy atom. The number of benzene rings is 1. The predicted molar refractivity (Wildman–Crippen MR) is 82.8 cm³/mol. The normalized spacial score (nSPS) is 11.1. The van der Waals surface area contributed by atoms with Crippen molar-refractivity contribution in [3.8, 4) is 0 Å². The number of unbranched alkanes of at least 4 members (excludes halogenated alkanes) is 3. The lowest BCUT2D eigenvalue weighted by Crippen LogP contribution is -1.94. The van der Waals surface area contributed by atoms with Crippen LogP contribution in [0.25, 0.3) is 11.0 Å². The maximum absolute atomic E-state index is 4.66. The second kappa shape index (κ2) is 6.62. The van der Waals surface area contributed by atoms with Gasteiger partial charge in [-0.1, -0.05) is 26.2 Å². The van der Waals surface area contributed by atoms with Gasteiger partial charge in [0.2, 0.25) is 0 Å². The van der Waals surface area contributed by atoms with Gasteiger partial charge >= 0.3 is 0 Å². The van der Waals surface area contributed by atoms with Crippen molar-refractivity contribution >= 4 is 42.9 Å². The van der Waals surface area contributed by atoms with Gasteiger partial charge < -0.3 is 0 Å². The molecule has 2 nitrogen and oxygen atoms in total. The third-order valence-corrected chi connectivity index (χ3v) is 4.76. The second-order valence-electron chi connectivity index (χ2n) is 4.43. The highest BCUT2D eigenvalue weighted by Gasteiger charge is 2.04. The molecule has 0 N–H and O–H groups in total. The first kappa shape index (κ1) is 13.9. The molecule has 0 saturated carbocycles. The monoisotopic (exact) mass is 370 g/mol. The Bertz CT molecular complexity index is 541. The molecule has 2 rings (SSSR count). The summed E-state index contributed by atoms with van der Waals surface area (Å²) in [7, 11) is 0. The van der Waals surface area contributed by atoms with E-state index in [0.29, 0.717) is 0 Å². The van der Waals surface area contributed by atoms with E-state index in [-0.39, 0.29) is 0 Å². The van der Waals surface area contributed by atoms with Crippen LogP contribution >= 0.6 is 31.9 Å². The first-order chi connectivity index (χ1) is 8.70. The molecular formula is C14H16Br2N2. The molecule has 0 radical (unpaired) electrons. The van der Waals surface area contributed by atoms with Crippen LogP contribution in [-0.2, 0) is 6.42 Å². The summed E-state index contributed by atoms with van der Waals surface area (Å²) in [5, 5.41) is 0. The zero-order valence-electron chi connectivity index (χ0n) is 10.4. The standard InChI is InChI=1S/C14H16Br2N2/c1-2-3-4-5-6-10-9-17-13-7-11(15)12(16)8-14(13)18-10/h7-9H,2-6H2,1H3. The van der Waals surface area contributed by atoms with E-state index in [1.54, 1.807) is 0 Å². The van der Waals surface area contributed by atoms with Crippen molar-refractivity contribution in [1.82, 2.24) is 9.97 Å². The lowest BCUT2D eigenvalue weighted by Gasteiger charge is -2.04. The molecular weight excluding hydrogens is 356 g/mol. The van der Waals surface area contributed by atoms with E-state index >= 15 is 0 Å². The Labute approximate surface area is 124 Å². The predicted octanol–water partition coefficient (Wildman–Crippen LogP) is 5.28. The van der Waals surface area contributed by atoms with Crippen molar-refractivity contribution in [2.75, 3.05) is 0 Å². The lowest BCUT2D eigenvalue weighted by molar-refractivity contribution is 0.660. The third-order valence-electron chi connectivity index (χ3n) is 2.92. The van der Waals surface area contributed by atoms with Crippen LogP contribution in [0.4, 0.5) is 0 Å². The van der Waals surface area contributed by atoms with Gasteiger partial charge in [-0.25, -0.2) is 4.98 Å². The first-order valence-corrected chi connectivity index (χ1v) is 7.90. The molecule has 0 aliphatic heterocycles. The summed E-state index contributed by atoms with van der Waals surface area (Å²) >= 11 is 6.98. The maximum atomic E-state index is 4.66. The quantitative estimate of drug-likeness (QED) is 0.668. The van der Waals surface area contributed by atoms with Crippen molar-refractivity contribution < 1.29 is 0 Å². The van der Waals surface area contributed by atoms with Gasteiger partial charge in [0.15, 0.2) is 0 Å². The SMILES string of the molecule is CCCCCCc1cnc2cc(Br)c(Br)cc2n1. The molecule has 0 aliphatic rings. The molecule has 1 aromatic carbocycles. The Hall–Kier alpha value is -0.480. The average Bonchev–Trinajstić information content (AvgIpc) is 2.36. The Kier molecular flexibility index (Phi) is 5.13. The second-order valence-corrected chi connectivity index (χ2v) is 6.14. The number of halogens is 2. The number of aromatic nitrogens is 2. The van der Waals surface area contributed by atoms with Gasteiger partial charge in [0.1, 0.15) is 0 Å². The number of hydrogen-bond acceptors (Lipinski definition) is 2. The van der Waals surface area contributed by atoms with Crippen LogP contribution in [0.5, 0.6) is 0 Å². The number of nitrogens with zero attached hydrogens (tertiary/aromatic N) is 2. The van der Waals surface area contributed by atoms with Crippen LogP contribution < -0.4 is 0 Å². The molecule has 0 saturated heterocycles. The summed E-state index contributed by atoms with van der Waals surface area (Å²) in [5.41, 5.74) is 2.98. The minimum Gasteiger partial charge on any atom is -0.253 e. The van der Waals surface area contributed by atoms with E-state index in [4.69, 9.17) is 0 Å². The first-order valence-electron chi connectivity index (χ1n) is 6.31. The Balaban J connectivity index is 2.14. The van der Waals surface area contributed by atoms with Crippen molar-refractivity contribution in [2.45, 2.75) is 39.0 Å². The largest absolute Gasteiger partial charge is 0.253 e. The van der Waals surface area contributed by atoms with Gasteiger partial charge in [-0.2, -0.15) is 0 Å². The molecule has 0 spiro atoms. The van der Waals surface area contributed by atoms with Gasteiger partial charge in [0, 0.05) is 15.1 Å². The summed E-state index contributed by atoms with van der Waals surface area (Å²) in [6.07, 6.45) is 7.97. The fourth-order valence-electron chi connectivity index (χ4n) is 1.90. The Morgan fingerprint density at radius 2 is 1.72 bits per heavy atom. The zero-order chi connectivity index (χ0) is 13.0. The summed E-state index contributed by atoms with van der Waals surface area (Å²) in [5.74, 6) is 0. The number of hydrogen-bond donors (Lipinski definition) is 0. The molecule has 0 aliphatic carbocycles. The van der Waals surface area contributed by atoms with E-state index < -0.39 is 0 Å². The van der Waals surface area contributed by atoms with Gasteiger partial charge in [-0.15, -0.1) is 0 Å². The smallest absolute Gasteiger partial charge is 0.0902 e. The van der Waals surface area contributed by atoms with Crippen molar-refractivity contribution in [2.24, 2.45) is 0 Å². The van der Waals surface area contributed by atoms with Crippen LogP contribution in [0.2, 0.25) is 0 Å². The molecule has 96 valence electrons. The molecule has 0 bridgehead atoms. The maximum Gasteiger partial charge on any atom is 0.0902 e. The van der Waals surface area contributed by atoms with Gasteiger partial charge in [0.25, 0.3) is 0 Å². The topological polar surface area (TPSA) is 25.8 Å². The third kappa shape index (κ3) is 3.51. The molecule has 4 heteroatoms. The molecule has 18 heavy (non-hydrogen) atoms. The van der Waals surface area contributed by atoms with Crippen LogP contribution in [-0.4, -0.2) is 9.97 Å². The molecule has 0 fully saturated rings. The molecule has 0 amide bonds. The molecule has 0 atom stereocenters. The minimum absolute atomic E-state index is 0.933. The summed E-state index contributed by atoms with van der Waals surface area (Å²) < 4.78 is 2.03. The highest BCUT2D eigenvalue weighted by Crippen LogP contribution is 2.26. The van der Waals surface area contributed by atoms with Crippen molar-refractivity contribution in [3.05, 3.63) is 33.0 Å². The van der Waals surface area contributed by atoms with E-state index in [9.17, 15) is 0 Å². The zero-order valence-corrected chi connectivity index (χ0v) is 13.6. The van der Waals surface area contributed by atoms with Crippen molar-refractivity contribution in [1.29, 1.82) is 0 Å². The van der Waals surface area contributed by atoms with Crippen LogP contribution in [0.3, 0.4) is 0 Å². The Morgan fingerprint density at radius 3 is 2.44 bits per heavy atom. The van der Waals surface area contributed by atoms with Gasteiger partial charge in [-0.05, 0) is 56.8 Å². The lowest BCUT2D eigenvalue weighted by atomic mass is 10.1. The fraction of sp³-hybridized carbons (Fsp3) is 0.429. The highest BCUT2D eigenvalue weighted by atomic mass is 79.9. The molecule has 2 aromatic rings. The van der Waals surface area contributed by atoms with E-state index in [0.717, 1.165) is 32.1 Å². The number of fused-ring (bicyclic) bond motifs is 1. The van der Waals surface area contributed by atoms with Crippen LogP contribution in [0.1, 0.15) is 38.3 Å². The molecule has 1 heterocycles. The van der Waals surface area contributed by atoms with Crippen LogP contribution in [0, 0.1) is 0 Å². The molecule has 1 aromatic heterocycles.